The van der Waals surface area contributed by atoms with Crippen LogP contribution >= 0.6 is 0 Å². The number of aliphatic imine (C=N–C) groups is 1. The molecule has 0 aliphatic carbocycles. The van der Waals surface area contributed by atoms with Crippen molar-refractivity contribution in [3.8, 4) is 28.5 Å². The Balaban J connectivity index is 1.80. The Morgan fingerprint density at radius 3 is 2.71 bits per heavy atom. The summed E-state index contributed by atoms with van der Waals surface area (Å²) in [5, 5.41) is 15.0. The summed E-state index contributed by atoms with van der Waals surface area (Å²) in [4.78, 5) is 21.1. The lowest BCUT2D eigenvalue weighted by Gasteiger charge is -2.17. The first-order chi connectivity index (χ1) is 16.3. The van der Waals surface area contributed by atoms with Gasteiger partial charge in [0.25, 0.3) is 0 Å². The first-order valence-electron chi connectivity index (χ1n) is 10.8. The molecule has 168 valence electrons. The third-order valence-corrected chi connectivity index (χ3v) is 6.30. The number of ketones is 1. The van der Waals surface area contributed by atoms with Crippen molar-refractivity contribution in [2.24, 2.45) is 17.8 Å². The number of pyridine rings is 1. The maximum atomic E-state index is 15.9. The van der Waals surface area contributed by atoms with Gasteiger partial charge in [0.1, 0.15) is 18.4 Å². The first kappa shape index (κ1) is 21.6. The maximum Gasteiger partial charge on any atom is 0.184 e. The molecule has 34 heavy (non-hydrogen) atoms. The van der Waals surface area contributed by atoms with Crippen LogP contribution in [-0.4, -0.2) is 39.3 Å². The number of carbonyl (C=O) groups excluding carboxylic acids is 1. The molecule has 0 atom stereocenters. The van der Waals surface area contributed by atoms with Gasteiger partial charge in [-0.2, -0.15) is 10.4 Å². The van der Waals surface area contributed by atoms with Crippen LogP contribution in [0.4, 0.5) is 4.39 Å². The molecule has 2 aromatic carbocycles. The zero-order valence-corrected chi connectivity index (χ0v) is 19.0. The summed E-state index contributed by atoms with van der Waals surface area (Å²) >= 11 is 0. The number of benzene rings is 2. The molecule has 4 aromatic rings. The lowest BCUT2D eigenvalue weighted by atomic mass is 9.90. The van der Waals surface area contributed by atoms with Gasteiger partial charge >= 0.3 is 0 Å². The van der Waals surface area contributed by atoms with Crippen molar-refractivity contribution in [3.63, 3.8) is 0 Å². The third-order valence-electron chi connectivity index (χ3n) is 6.30. The Morgan fingerprint density at radius 1 is 1.18 bits per heavy atom. The molecular weight excluding hydrogens is 431 g/mol. The minimum atomic E-state index is -0.487. The van der Waals surface area contributed by atoms with Gasteiger partial charge in [-0.3, -0.25) is 19.5 Å². The van der Waals surface area contributed by atoms with Crippen molar-refractivity contribution in [3.05, 3.63) is 70.3 Å². The minimum absolute atomic E-state index is 0.0745. The van der Waals surface area contributed by atoms with Gasteiger partial charge in [0.05, 0.1) is 34.2 Å². The van der Waals surface area contributed by atoms with Crippen LogP contribution in [0.1, 0.15) is 32.6 Å². The number of Topliss-reactive ketones (excluding diaryl/α,β-unsaturated/α-hetero) is 1. The topological polar surface area (TPSA) is 110 Å². The number of fused-ring (bicyclic) bond motifs is 2. The number of aryl methyl sites for hydroxylation is 3. The van der Waals surface area contributed by atoms with Crippen LogP contribution < -0.4 is 5.73 Å². The molecule has 0 radical (unpaired) electrons. The SMILES string of the molecule is Cc1cnc2c(C#N)c(-c3c(-c4ccc5c(c4)C(CN)=NCC5=O)cnn3C)c(F)c(C)c2c1. The van der Waals surface area contributed by atoms with Crippen molar-refractivity contribution in [1.29, 1.82) is 5.26 Å². The van der Waals surface area contributed by atoms with E-state index in [0.29, 0.717) is 44.6 Å². The van der Waals surface area contributed by atoms with Gasteiger partial charge in [0.15, 0.2) is 5.78 Å². The number of aromatic nitrogens is 3. The van der Waals surface area contributed by atoms with Crippen LogP contribution in [0.5, 0.6) is 0 Å². The van der Waals surface area contributed by atoms with Crippen LogP contribution in [-0.2, 0) is 7.05 Å². The van der Waals surface area contributed by atoms with Crippen molar-refractivity contribution in [1.82, 2.24) is 14.8 Å². The molecule has 8 heteroatoms. The molecule has 0 saturated carbocycles. The number of nitrogens with two attached hydrogens (primary N) is 1. The van der Waals surface area contributed by atoms with Gasteiger partial charge < -0.3 is 5.73 Å². The van der Waals surface area contributed by atoms with Gasteiger partial charge in [0.2, 0.25) is 0 Å². The largest absolute Gasteiger partial charge is 0.325 e. The molecule has 3 heterocycles. The molecule has 1 aliphatic rings. The summed E-state index contributed by atoms with van der Waals surface area (Å²) in [6, 6.07) is 9.38. The number of hydrogen-bond acceptors (Lipinski definition) is 6. The van der Waals surface area contributed by atoms with Crippen LogP contribution in [0.2, 0.25) is 0 Å². The maximum absolute atomic E-state index is 15.9. The number of nitriles is 1. The number of halogens is 1. The highest BCUT2D eigenvalue weighted by molar-refractivity contribution is 6.16. The predicted molar refractivity (Wildman–Crippen MR) is 128 cm³/mol. The second kappa shape index (κ2) is 7.97. The van der Waals surface area contributed by atoms with Gasteiger partial charge in [-0.05, 0) is 42.7 Å². The van der Waals surface area contributed by atoms with E-state index in [-0.39, 0.29) is 30.0 Å². The predicted octanol–water partition coefficient (Wildman–Crippen LogP) is 3.87. The lowest BCUT2D eigenvalue weighted by Crippen LogP contribution is -2.24. The van der Waals surface area contributed by atoms with E-state index in [4.69, 9.17) is 5.73 Å². The fourth-order valence-corrected chi connectivity index (χ4v) is 4.57. The second-order valence-corrected chi connectivity index (χ2v) is 8.39. The molecule has 2 N–H and O–H groups in total. The Kier molecular flexibility index (Phi) is 5.07. The first-order valence-corrected chi connectivity index (χ1v) is 10.8. The number of nitrogens with zero attached hydrogens (tertiary/aromatic N) is 5. The van der Waals surface area contributed by atoms with Crippen molar-refractivity contribution >= 4 is 22.4 Å². The molecule has 7 nitrogen and oxygen atoms in total. The summed E-state index contributed by atoms with van der Waals surface area (Å²) in [5.41, 5.74) is 11.6. The van der Waals surface area contributed by atoms with Crippen molar-refractivity contribution in [2.45, 2.75) is 13.8 Å². The van der Waals surface area contributed by atoms with E-state index in [1.165, 1.54) is 0 Å². The quantitative estimate of drug-likeness (QED) is 0.507. The highest BCUT2D eigenvalue weighted by Crippen LogP contribution is 2.40. The molecule has 2 aromatic heterocycles. The zero-order chi connectivity index (χ0) is 24.1. The fraction of sp³-hybridized carbons (Fsp3) is 0.192. The summed E-state index contributed by atoms with van der Waals surface area (Å²) < 4.78 is 17.4. The summed E-state index contributed by atoms with van der Waals surface area (Å²) in [7, 11) is 1.70. The van der Waals surface area contributed by atoms with Crippen molar-refractivity contribution in [2.75, 3.05) is 13.1 Å². The minimum Gasteiger partial charge on any atom is -0.325 e. The third kappa shape index (κ3) is 3.13. The van der Waals surface area contributed by atoms with Crippen molar-refractivity contribution < 1.29 is 9.18 Å². The van der Waals surface area contributed by atoms with E-state index in [0.717, 1.165) is 11.1 Å². The van der Waals surface area contributed by atoms with Gasteiger partial charge in [-0.15, -0.1) is 0 Å². The van der Waals surface area contributed by atoms with Crippen LogP contribution in [0, 0.1) is 31.0 Å². The van der Waals surface area contributed by atoms with Gasteiger partial charge in [0, 0.05) is 41.9 Å². The average Bonchev–Trinajstić information content (AvgIpc) is 3.22. The Morgan fingerprint density at radius 2 is 1.97 bits per heavy atom. The standard InChI is InChI=1S/C26H21FN6O/c1-13-6-17-14(2)24(27)23(19(8-28)25(17)31-10-13)26-20(11-32-33(26)3)15-4-5-16-18(7-15)21(9-29)30-12-22(16)34/h4-7,10-11H,9,12,29H2,1-3H3. The molecule has 0 amide bonds. The van der Waals surface area contributed by atoms with E-state index in [1.807, 2.05) is 19.1 Å². The molecule has 0 fully saturated rings. The summed E-state index contributed by atoms with van der Waals surface area (Å²) in [6.07, 6.45) is 3.30. The summed E-state index contributed by atoms with van der Waals surface area (Å²) in [6.45, 7) is 3.85. The lowest BCUT2D eigenvalue weighted by molar-refractivity contribution is 0.1000. The highest BCUT2D eigenvalue weighted by atomic mass is 19.1. The monoisotopic (exact) mass is 452 g/mol. The molecule has 0 unspecified atom stereocenters. The summed E-state index contributed by atoms with van der Waals surface area (Å²) in [5.74, 6) is -0.562. The molecule has 0 saturated heterocycles. The fourth-order valence-electron chi connectivity index (χ4n) is 4.57. The highest BCUT2D eigenvalue weighted by Gasteiger charge is 2.26. The Bertz CT molecular complexity index is 1590. The zero-order valence-electron chi connectivity index (χ0n) is 19.0. The molecule has 1 aliphatic heterocycles. The average molecular weight is 452 g/mol. The van der Waals surface area contributed by atoms with Gasteiger partial charge in [-0.1, -0.05) is 12.1 Å². The second-order valence-electron chi connectivity index (χ2n) is 8.39. The van der Waals surface area contributed by atoms with Gasteiger partial charge in [-0.25, -0.2) is 4.39 Å². The van der Waals surface area contributed by atoms with Crippen LogP contribution in [0.15, 0.2) is 41.7 Å². The molecule has 0 spiro atoms. The molecular formula is C26H21FN6O. The van der Waals surface area contributed by atoms with E-state index < -0.39 is 5.82 Å². The van der Waals surface area contributed by atoms with E-state index in [9.17, 15) is 10.1 Å². The molecule has 0 bridgehead atoms. The normalized spacial score (nSPS) is 13.1. The van der Waals surface area contributed by atoms with E-state index >= 15 is 4.39 Å². The number of rotatable bonds is 3. The molecule has 5 rings (SSSR count). The van der Waals surface area contributed by atoms with Crippen LogP contribution in [0.3, 0.4) is 0 Å². The van der Waals surface area contributed by atoms with E-state index in [1.54, 1.807) is 43.2 Å². The van der Waals surface area contributed by atoms with Crippen LogP contribution in [0.25, 0.3) is 33.3 Å². The Hall–Kier alpha value is -4.22. The smallest absolute Gasteiger partial charge is 0.184 e. The number of hydrogen-bond donors (Lipinski definition) is 1. The Labute approximate surface area is 195 Å². The van der Waals surface area contributed by atoms with E-state index in [2.05, 4.69) is 21.1 Å². The number of carbonyl (C=O) groups is 1.